The molecule has 1 aliphatic rings. The van der Waals surface area contributed by atoms with Crippen LogP contribution >= 0.6 is 11.6 Å². The summed E-state index contributed by atoms with van der Waals surface area (Å²) in [5, 5.41) is 4.89. The van der Waals surface area contributed by atoms with Crippen LogP contribution in [-0.4, -0.2) is 40.5 Å². The molecular weight excluding hydrogens is 437 g/mol. The topological polar surface area (TPSA) is 45.5 Å². The molecule has 2 aromatic carbocycles. The fourth-order valence-electron chi connectivity index (χ4n) is 4.50. The highest BCUT2D eigenvalue weighted by molar-refractivity contribution is 6.30. The van der Waals surface area contributed by atoms with Gasteiger partial charge in [-0.2, -0.15) is 0 Å². The van der Waals surface area contributed by atoms with Gasteiger partial charge in [0.2, 0.25) is 0 Å². The predicted octanol–water partition coefficient (Wildman–Crippen LogP) is 5.42. The Morgan fingerprint density at radius 3 is 2.73 bits per heavy atom. The van der Waals surface area contributed by atoms with Gasteiger partial charge in [0.25, 0.3) is 0 Å². The first-order chi connectivity index (χ1) is 16.2. The summed E-state index contributed by atoms with van der Waals surface area (Å²) in [6.45, 7) is 3.85. The molecule has 4 heterocycles. The highest BCUT2D eigenvalue weighted by Crippen LogP contribution is 2.36. The van der Waals surface area contributed by atoms with Crippen molar-refractivity contribution in [3.63, 3.8) is 0 Å². The van der Waals surface area contributed by atoms with E-state index >= 15 is 0 Å². The zero-order chi connectivity index (χ0) is 22.4. The molecule has 0 bridgehead atoms. The molecular formula is C26H21ClFN5. The number of hydrogen-bond donors (Lipinski definition) is 1. The Hall–Kier alpha value is -3.48. The van der Waals surface area contributed by atoms with Crippen molar-refractivity contribution in [3.8, 4) is 22.5 Å². The van der Waals surface area contributed by atoms with E-state index < -0.39 is 0 Å². The molecule has 1 N–H and O–H groups in total. The van der Waals surface area contributed by atoms with E-state index in [1.165, 1.54) is 6.07 Å². The molecule has 6 rings (SSSR count). The maximum Gasteiger partial charge on any atom is 0.137 e. The zero-order valence-electron chi connectivity index (χ0n) is 17.8. The second-order valence-corrected chi connectivity index (χ2v) is 8.64. The number of fused-ring (bicyclic) bond motifs is 2. The number of halogens is 2. The van der Waals surface area contributed by atoms with Crippen molar-refractivity contribution in [3.05, 3.63) is 83.9 Å². The van der Waals surface area contributed by atoms with Crippen LogP contribution < -0.4 is 10.2 Å². The van der Waals surface area contributed by atoms with E-state index in [1.54, 1.807) is 12.1 Å². The van der Waals surface area contributed by atoms with Crippen LogP contribution in [0.2, 0.25) is 5.02 Å². The normalized spacial score (nSPS) is 14.3. The SMILES string of the molecule is Fc1ccc(Cl)cc1-c1nc2ccccn2c1-c1ccc2ncc(N3CCNCC3)cc2c1. The summed E-state index contributed by atoms with van der Waals surface area (Å²) >= 11 is 6.21. The van der Waals surface area contributed by atoms with Crippen LogP contribution in [0, 0.1) is 5.82 Å². The van der Waals surface area contributed by atoms with Crippen LogP contribution in [0.1, 0.15) is 0 Å². The monoisotopic (exact) mass is 457 g/mol. The number of hydrogen-bond acceptors (Lipinski definition) is 4. The van der Waals surface area contributed by atoms with Gasteiger partial charge in [-0.15, -0.1) is 0 Å². The minimum atomic E-state index is -0.354. The van der Waals surface area contributed by atoms with Crippen molar-refractivity contribution >= 4 is 33.8 Å². The quantitative estimate of drug-likeness (QED) is 0.393. The van der Waals surface area contributed by atoms with Crippen LogP contribution in [0.25, 0.3) is 39.1 Å². The van der Waals surface area contributed by atoms with Gasteiger partial charge in [0.1, 0.15) is 17.2 Å². The van der Waals surface area contributed by atoms with Crippen molar-refractivity contribution in [2.75, 3.05) is 31.1 Å². The molecule has 5 aromatic rings. The van der Waals surface area contributed by atoms with Gasteiger partial charge in [-0.25, -0.2) is 9.37 Å². The maximum atomic E-state index is 14.9. The average molecular weight is 458 g/mol. The van der Waals surface area contributed by atoms with Gasteiger partial charge in [-0.3, -0.25) is 9.38 Å². The summed E-state index contributed by atoms with van der Waals surface area (Å²) < 4.78 is 16.9. The van der Waals surface area contributed by atoms with E-state index in [1.807, 2.05) is 47.1 Å². The largest absolute Gasteiger partial charge is 0.368 e. The molecule has 0 radical (unpaired) electrons. The highest BCUT2D eigenvalue weighted by Gasteiger charge is 2.20. The molecule has 0 saturated carbocycles. The van der Waals surface area contributed by atoms with E-state index in [2.05, 4.69) is 27.3 Å². The van der Waals surface area contributed by atoms with Gasteiger partial charge in [0, 0.05) is 53.9 Å². The van der Waals surface area contributed by atoms with Gasteiger partial charge >= 0.3 is 0 Å². The Labute approximate surface area is 195 Å². The zero-order valence-corrected chi connectivity index (χ0v) is 18.6. The third kappa shape index (κ3) is 3.61. The molecule has 0 spiro atoms. The van der Waals surface area contributed by atoms with E-state index in [0.29, 0.717) is 16.3 Å². The first-order valence-electron chi connectivity index (χ1n) is 11.0. The summed E-state index contributed by atoms with van der Waals surface area (Å²) in [7, 11) is 0. The first kappa shape index (κ1) is 20.1. The van der Waals surface area contributed by atoms with Gasteiger partial charge in [-0.1, -0.05) is 23.7 Å². The molecule has 1 fully saturated rings. The number of anilines is 1. The van der Waals surface area contributed by atoms with Crippen LogP contribution in [0.5, 0.6) is 0 Å². The molecule has 5 nitrogen and oxygen atoms in total. The van der Waals surface area contributed by atoms with Crippen LogP contribution in [-0.2, 0) is 0 Å². The summed E-state index contributed by atoms with van der Waals surface area (Å²) in [5.41, 5.74) is 5.48. The number of piperazine rings is 1. The van der Waals surface area contributed by atoms with Crippen molar-refractivity contribution < 1.29 is 4.39 Å². The van der Waals surface area contributed by atoms with Crippen LogP contribution in [0.15, 0.2) is 73.1 Å². The number of nitrogens with zero attached hydrogens (tertiary/aromatic N) is 4. The fourth-order valence-corrected chi connectivity index (χ4v) is 4.67. The Morgan fingerprint density at radius 2 is 1.85 bits per heavy atom. The van der Waals surface area contributed by atoms with Gasteiger partial charge < -0.3 is 10.2 Å². The molecule has 7 heteroatoms. The van der Waals surface area contributed by atoms with Crippen molar-refractivity contribution in [2.45, 2.75) is 0 Å². The Balaban J connectivity index is 1.55. The standard InChI is InChI=1S/C26H21ClFN5/c27-19-5-6-22(28)21(15-19)25-26(33-10-2-1-3-24(33)31-25)17-4-7-23-18(13-17)14-20(16-30-23)32-11-8-29-9-12-32/h1-7,10,13-16,29H,8-9,11-12H2. The summed E-state index contributed by atoms with van der Waals surface area (Å²) in [4.78, 5) is 11.8. The van der Waals surface area contributed by atoms with E-state index in [9.17, 15) is 4.39 Å². The molecule has 0 amide bonds. The van der Waals surface area contributed by atoms with Crippen LogP contribution in [0.3, 0.4) is 0 Å². The Bertz CT molecular complexity index is 1490. The number of nitrogens with one attached hydrogen (secondary N) is 1. The van der Waals surface area contributed by atoms with E-state index in [0.717, 1.165) is 59.7 Å². The molecule has 0 atom stereocenters. The molecule has 3 aromatic heterocycles. The summed E-state index contributed by atoms with van der Waals surface area (Å²) in [6.07, 6.45) is 3.89. The first-order valence-corrected chi connectivity index (χ1v) is 11.3. The minimum Gasteiger partial charge on any atom is -0.368 e. The smallest absolute Gasteiger partial charge is 0.137 e. The second-order valence-electron chi connectivity index (χ2n) is 8.20. The van der Waals surface area contributed by atoms with Gasteiger partial charge in [0.05, 0.1) is 23.1 Å². The van der Waals surface area contributed by atoms with Crippen molar-refractivity contribution in [1.29, 1.82) is 0 Å². The lowest BCUT2D eigenvalue weighted by Crippen LogP contribution is -2.43. The average Bonchev–Trinajstić information content (AvgIpc) is 3.25. The lowest BCUT2D eigenvalue weighted by atomic mass is 10.0. The van der Waals surface area contributed by atoms with Gasteiger partial charge in [0.15, 0.2) is 0 Å². The molecule has 164 valence electrons. The van der Waals surface area contributed by atoms with Gasteiger partial charge in [-0.05, 0) is 48.5 Å². The van der Waals surface area contributed by atoms with Crippen molar-refractivity contribution in [1.82, 2.24) is 19.7 Å². The third-order valence-electron chi connectivity index (χ3n) is 6.14. The Morgan fingerprint density at radius 1 is 0.970 bits per heavy atom. The molecule has 33 heavy (non-hydrogen) atoms. The number of imidazole rings is 1. The Kier molecular flexibility index (Phi) is 4.97. The van der Waals surface area contributed by atoms with Crippen molar-refractivity contribution in [2.24, 2.45) is 0 Å². The van der Waals surface area contributed by atoms with E-state index in [4.69, 9.17) is 16.6 Å². The lowest BCUT2D eigenvalue weighted by Gasteiger charge is -2.29. The number of pyridine rings is 2. The molecule has 0 aliphatic carbocycles. The summed E-state index contributed by atoms with van der Waals surface area (Å²) in [5.74, 6) is -0.354. The molecule has 1 saturated heterocycles. The fraction of sp³-hybridized carbons (Fsp3) is 0.154. The lowest BCUT2D eigenvalue weighted by molar-refractivity contribution is 0.589. The number of aromatic nitrogens is 3. The predicted molar refractivity (Wildman–Crippen MR) is 131 cm³/mol. The van der Waals surface area contributed by atoms with E-state index in [-0.39, 0.29) is 5.82 Å². The third-order valence-corrected chi connectivity index (χ3v) is 6.37. The molecule has 0 unspecified atom stereocenters. The van der Waals surface area contributed by atoms with Crippen LogP contribution in [0.4, 0.5) is 10.1 Å². The minimum absolute atomic E-state index is 0.354. The number of rotatable bonds is 3. The second kappa shape index (κ2) is 8.14. The molecule has 1 aliphatic heterocycles. The number of benzene rings is 2. The maximum absolute atomic E-state index is 14.9. The summed E-state index contributed by atoms with van der Waals surface area (Å²) in [6, 6.07) is 18.7. The highest BCUT2D eigenvalue weighted by atomic mass is 35.5.